The van der Waals surface area contributed by atoms with Crippen molar-refractivity contribution in [2.45, 2.75) is 38.3 Å². The molecule has 1 saturated carbocycles. The molecule has 1 aromatic carbocycles. The van der Waals surface area contributed by atoms with Crippen LogP contribution in [0, 0.1) is 0 Å². The van der Waals surface area contributed by atoms with Crippen LogP contribution in [0.15, 0.2) is 30.6 Å². The third-order valence-electron chi connectivity index (χ3n) is 4.86. The van der Waals surface area contributed by atoms with Crippen molar-refractivity contribution in [3.63, 3.8) is 0 Å². The first-order valence-electron chi connectivity index (χ1n) is 8.54. The fraction of sp³-hybridized carbons (Fsp3) is 0.389. The number of hydrogen-bond donors (Lipinski definition) is 2. The molecule has 1 aromatic heterocycles. The average Bonchev–Trinajstić information content (AvgIpc) is 2.77. The van der Waals surface area contributed by atoms with E-state index in [2.05, 4.69) is 26.5 Å². The summed E-state index contributed by atoms with van der Waals surface area (Å²) < 4.78 is 5.73. The topological polar surface area (TPSA) is 87.6 Å². The Morgan fingerprint density at radius 1 is 1.24 bits per heavy atom. The van der Waals surface area contributed by atoms with Crippen LogP contribution in [0.1, 0.15) is 40.9 Å². The number of ether oxygens (including phenoxy) is 1. The van der Waals surface area contributed by atoms with Gasteiger partial charge in [0.2, 0.25) is 5.88 Å². The molecule has 7 nitrogen and oxygen atoms in total. The van der Waals surface area contributed by atoms with Gasteiger partial charge in [-0.2, -0.15) is 0 Å². The molecule has 1 fully saturated rings. The highest BCUT2D eigenvalue weighted by atomic mass is 16.5. The van der Waals surface area contributed by atoms with Gasteiger partial charge in [0.05, 0.1) is 12.4 Å². The maximum Gasteiger partial charge on any atom is 0.356 e. The number of carboxylic acids is 1. The van der Waals surface area contributed by atoms with E-state index in [1.54, 1.807) is 0 Å². The number of carboxylic acid groups (broad SMARTS) is 1. The number of nitrogens with one attached hydrogen (secondary N) is 1. The largest absolute Gasteiger partial charge is 0.476 e. The van der Waals surface area contributed by atoms with Crippen molar-refractivity contribution >= 4 is 5.97 Å². The van der Waals surface area contributed by atoms with Crippen LogP contribution in [0.2, 0.25) is 0 Å². The summed E-state index contributed by atoms with van der Waals surface area (Å²) in [6.45, 7) is 1.83. The molecule has 0 spiro atoms. The molecule has 0 bridgehead atoms. The van der Waals surface area contributed by atoms with E-state index < -0.39 is 5.97 Å². The summed E-state index contributed by atoms with van der Waals surface area (Å²) in [5.74, 6) is -0.131. The number of hydrazine groups is 1. The van der Waals surface area contributed by atoms with E-state index in [-0.39, 0.29) is 11.6 Å². The first-order valence-corrected chi connectivity index (χ1v) is 8.54. The number of hydrogen-bond acceptors (Lipinski definition) is 6. The third kappa shape index (κ3) is 3.47. The van der Waals surface area contributed by atoms with Crippen LogP contribution in [-0.4, -0.2) is 38.6 Å². The smallest absolute Gasteiger partial charge is 0.356 e. The minimum atomic E-state index is -1.10. The quantitative estimate of drug-likeness (QED) is 0.883. The summed E-state index contributed by atoms with van der Waals surface area (Å²) in [5.41, 5.74) is 5.98. The summed E-state index contributed by atoms with van der Waals surface area (Å²) in [6, 6.07) is 6.69. The SMILES string of the molecule is O=C(O)c1cnc(Oc2ccc3c(c2)CCN(C2CCC2)NC3)cn1. The summed E-state index contributed by atoms with van der Waals surface area (Å²) >= 11 is 0. The van der Waals surface area contributed by atoms with E-state index in [1.807, 2.05) is 12.1 Å². The highest BCUT2D eigenvalue weighted by Gasteiger charge is 2.26. The maximum absolute atomic E-state index is 10.8. The molecule has 2 aliphatic rings. The lowest BCUT2D eigenvalue weighted by molar-refractivity contribution is 0.0690. The van der Waals surface area contributed by atoms with E-state index in [9.17, 15) is 4.79 Å². The van der Waals surface area contributed by atoms with Gasteiger partial charge in [-0.05, 0) is 42.5 Å². The molecule has 25 heavy (non-hydrogen) atoms. The fourth-order valence-electron chi connectivity index (χ4n) is 3.19. The van der Waals surface area contributed by atoms with Gasteiger partial charge in [0.15, 0.2) is 5.69 Å². The Morgan fingerprint density at radius 3 is 2.80 bits per heavy atom. The molecule has 0 atom stereocenters. The zero-order chi connectivity index (χ0) is 17.2. The highest BCUT2D eigenvalue weighted by Crippen LogP contribution is 2.28. The molecule has 2 aromatic rings. The summed E-state index contributed by atoms with van der Waals surface area (Å²) in [5, 5.41) is 11.2. The van der Waals surface area contributed by atoms with Crippen LogP contribution in [0.4, 0.5) is 0 Å². The molecule has 0 saturated heterocycles. The van der Waals surface area contributed by atoms with E-state index in [1.165, 1.54) is 42.8 Å². The van der Waals surface area contributed by atoms with Crippen LogP contribution < -0.4 is 10.2 Å². The summed E-state index contributed by atoms with van der Waals surface area (Å²) in [4.78, 5) is 18.6. The number of rotatable bonds is 4. The van der Waals surface area contributed by atoms with Gasteiger partial charge in [0, 0.05) is 19.1 Å². The number of carbonyl (C=O) groups is 1. The fourth-order valence-corrected chi connectivity index (χ4v) is 3.19. The number of benzene rings is 1. The van der Waals surface area contributed by atoms with E-state index >= 15 is 0 Å². The molecule has 0 unspecified atom stereocenters. The van der Waals surface area contributed by atoms with Crippen molar-refractivity contribution in [2.24, 2.45) is 0 Å². The van der Waals surface area contributed by atoms with Crippen molar-refractivity contribution in [2.75, 3.05) is 6.54 Å². The van der Waals surface area contributed by atoms with Crippen molar-refractivity contribution in [3.05, 3.63) is 47.4 Å². The molecular weight excluding hydrogens is 320 g/mol. The Balaban J connectivity index is 1.46. The molecule has 2 heterocycles. The minimum absolute atomic E-state index is 0.101. The van der Waals surface area contributed by atoms with E-state index in [0.717, 1.165) is 19.5 Å². The standard InChI is InChI=1S/C18H20N4O3/c23-18(24)16-10-20-17(11-19-16)25-15-5-4-13-9-21-22(14-2-1-3-14)7-6-12(13)8-15/h4-5,8,10-11,14,21H,1-3,6-7,9H2,(H,23,24). The van der Waals surface area contributed by atoms with Crippen LogP contribution in [0.5, 0.6) is 11.6 Å². The highest BCUT2D eigenvalue weighted by molar-refractivity contribution is 5.84. The Labute approximate surface area is 145 Å². The van der Waals surface area contributed by atoms with Gasteiger partial charge in [0.1, 0.15) is 5.75 Å². The van der Waals surface area contributed by atoms with Gasteiger partial charge in [-0.3, -0.25) is 5.43 Å². The zero-order valence-electron chi connectivity index (χ0n) is 13.8. The second kappa shape index (κ2) is 6.78. The van der Waals surface area contributed by atoms with Gasteiger partial charge in [-0.15, -0.1) is 0 Å². The number of fused-ring (bicyclic) bond motifs is 1. The Bertz CT molecular complexity index is 774. The minimum Gasteiger partial charge on any atom is -0.476 e. The van der Waals surface area contributed by atoms with E-state index in [0.29, 0.717) is 11.8 Å². The molecule has 130 valence electrons. The molecule has 7 heteroatoms. The first-order chi connectivity index (χ1) is 12.2. The number of aromatic nitrogens is 2. The van der Waals surface area contributed by atoms with Crippen molar-refractivity contribution < 1.29 is 14.6 Å². The van der Waals surface area contributed by atoms with Crippen LogP contribution in [0.3, 0.4) is 0 Å². The molecule has 1 aliphatic heterocycles. The van der Waals surface area contributed by atoms with E-state index in [4.69, 9.17) is 9.84 Å². The normalized spacial score (nSPS) is 18.1. The molecular formula is C18H20N4O3. The molecule has 0 amide bonds. The van der Waals surface area contributed by atoms with Gasteiger partial charge in [0.25, 0.3) is 0 Å². The van der Waals surface area contributed by atoms with Gasteiger partial charge in [-0.1, -0.05) is 12.5 Å². The lowest BCUT2D eigenvalue weighted by atomic mass is 9.92. The van der Waals surface area contributed by atoms with Crippen LogP contribution in [-0.2, 0) is 13.0 Å². The summed E-state index contributed by atoms with van der Waals surface area (Å²) in [6.07, 6.45) is 7.39. The van der Waals surface area contributed by atoms with Gasteiger partial charge in [-0.25, -0.2) is 19.8 Å². The Hall–Kier alpha value is -2.51. The van der Waals surface area contributed by atoms with Crippen molar-refractivity contribution in [1.82, 2.24) is 20.4 Å². The summed E-state index contributed by atoms with van der Waals surface area (Å²) in [7, 11) is 0. The monoisotopic (exact) mass is 340 g/mol. The van der Waals surface area contributed by atoms with Crippen LogP contribution >= 0.6 is 0 Å². The second-order valence-corrected chi connectivity index (χ2v) is 6.44. The average molecular weight is 340 g/mol. The molecule has 4 rings (SSSR count). The van der Waals surface area contributed by atoms with Crippen LogP contribution in [0.25, 0.3) is 0 Å². The Kier molecular flexibility index (Phi) is 4.33. The first kappa shape index (κ1) is 16.0. The van der Waals surface area contributed by atoms with Gasteiger partial charge < -0.3 is 9.84 Å². The predicted octanol–water partition coefficient (Wildman–Crippen LogP) is 2.38. The molecule has 2 N–H and O–H groups in total. The van der Waals surface area contributed by atoms with Crippen molar-refractivity contribution in [1.29, 1.82) is 0 Å². The lowest BCUT2D eigenvalue weighted by Gasteiger charge is -2.36. The van der Waals surface area contributed by atoms with Crippen molar-refractivity contribution in [3.8, 4) is 11.6 Å². The maximum atomic E-state index is 10.8. The zero-order valence-corrected chi connectivity index (χ0v) is 13.8. The Morgan fingerprint density at radius 2 is 2.12 bits per heavy atom. The lowest BCUT2D eigenvalue weighted by Crippen LogP contribution is -2.48. The molecule has 1 aliphatic carbocycles. The number of nitrogens with zero attached hydrogens (tertiary/aromatic N) is 3. The number of aromatic carboxylic acids is 1. The molecule has 0 radical (unpaired) electrons. The van der Waals surface area contributed by atoms with Gasteiger partial charge >= 0.3 is 5.97 Å². The third-order valence-corrected chi connectivity index (χ3v) is 4.86. The second-order valence-electron chi connectivity index (χ2n) is 6.44. The predicted molar refractivity (Wildman–Crippen MR) is 90.4 cm³/mol.